The molecule has 1 saturated heterocycles. The Bertz CT molecular complexity index is 1200. The summed E-state index contributed by atoms with van der Waals surface area (Å²) < 4.78 is 0. The molecule has 0 saturated carbocycles. The zero-order valence-electron chi connectivity index (χ0n) is 20.8. The number of benzene rings is 2. The van der Waals surface area contributed by atoms with Gasteiger partial charge in [0, 0.05) is 42.1 Å². The molecule has 11 heteroatoms. The minimum absolute atomic E-state index is 0.0448. The van der Waals surface area contributed by atoms with Crippen LogP contribution in [0.2, 0.25) is 10.0 Å². The van der Waals surface area contributed by atoms with Crippen LogP contribution in [0.5, 0.6) is 0 Å². The zero-order valence-corrected chi connectivity index (χ0v) is 23.1. The summed E-state index contributed by atoms with van der Waals surface area (Å²) in [6.07, 6.45) is 5.76. The van der Waals surface area contributed by atoms with Crippen LogP contribution >= 0.6 is 35.0 Å². The number of halogens is 2. The molecule has 0 aliphatic carbocycles. The Morgan fingerprint density at radius 2 is 1.76 bits per heavy atom. The van der Waals surface area contributed by atoms with Gasteiger partial charge in [0.15, 0.2) is 5.78 Å². The third-order valence-electron chi connectivity index (χ3n) is 6.22. The van der Waals surface area contributed by atoms with Crippen molar-refractivity contribution in [3.8, 4) is 0 Å². The van der Waals surface area contributed by atoms with E-state index in [1.165, 1.54) is 17.8 Å². The number of carbonyl (C=O) groups is 4. The molecule has 1 heterocycles. The number of hydrogen-bond donors (Lipinski definition) is 3. The molecule has 1 unspecified atom stereocenters. The molecule has 3 rings (SSSR count). The number of ketones is 1. The van der Waals surface area contributed by atoms with Gasteiger partial charge in [-0.05, 0) is 36.8 Å². The van der Waals surface area contributed by atoms with Crippen molar-refractivity contribution in [2.24, 2.45) is 5.92 Å². The molecule has 1 atom stereocenters. The maximum absolute atomic E-state index is 12.7. The van der Waals surface area contributed by atoms with Gasteiger partial charge in [-0.25, -0.2) is 4.79 Å². The van der Waals surface area contributed by atoms with Gasteiger partial charge in [-0.3, -0.25) is 14.4 Å². The summed E-state index contributed by atoms with van der Waals surface area (Å²) in [7, 11) is 0. The van der Waals surface area contributed by atoms with Crippen LogP contribution in [-0.4, -0.2) is 72.0 Å². The Hall–Kier alpha value is -2.85. The predicted octanol–water partition coefficient (Wildman–Crippen LogP) is 4.01. The van der Waals surface area contributed by atoms with Gasteiger partial charge in [-0.15, -0.1) is 11.8 Å². The van der Waals surface area contributed by atoms with Crippen LogP contribution < -0.4 is 10.6 Å². The number of carboxylic acid groups (broad SMARTS) is 1. The molecule has 0 spiro atoms. The van der Waals surface area contributed by atoms with E-state index in [-0.39, 0.29) is 30.7 Å². The Morgan fingerprint density at radius 1 is 1.08 bits per heavy atom. The van der Waals surface area contributed by atoms with E-state index in [0.717, 1.165) is 4.90 Å². The number of rotatable bonds is 11. The van der Waals surface area contributed by atoms with Gasteiger partial charge in [0.25, 0.3) is 0 Å². The third-order valence-corrected chi connectivity index (χ3v) is 8.01. The Kier molecular flexibility index (Phi) is 11.2. The highest BCUT2D eigenvalue weighted by Gasteiger charge is 2.29. The third kappa shape index (κ3) is 8.07. The van der Waals surface area contributed by atoms with E-state index in [9.17, 15) is 24.3 Å². The summed E-state index contributed by atoms with van der Waals surface area (Å²) in [5.41, 5.74) is 1.16. The monoisotopic (exact) mass is 577 g/mol. The molecule has 1 aliphatic rings. The van der Waals surface area contributed by atoms with Crippen molar-refractivity contribution in [2.75, 3.05) is 32.4 Å². The van der Waals surface area contributed by atoms with Crippen molar-refractivity contribution < 1.29 is 24.3 Å². The van der Waals surface area contributed by atoms with E-state index >= 15 is 0 Å². The standard InChI is InChI=1S/C27H29Cl2N3O5S/c1-38-22-9-7-18(24(28)25(22)29)8-10-23(34)32-13-11-19(12-14-32)26(35)31-20(27(36)37)15-30-16-21(33)17-5-3-2-4-6-17/h2-10,19-20,30H,11-16H2,1H3,(H,31,35)(H,36,37). The lowest BCUT2D eigenvalue weighted by Crippen LogP contribution is -2.51. The molecule has 2 aromatic rings. The second-order valence-electron chi connectivity index (χ2n) is 8.74. The number of likely N-dealkylation sites (tertiary alicyclic amines) is 1. The largest absolute Gasteiger partial charge is 0.480 e. The first-order valence-corrected chi connectivity index (χ1v) is 14.0. The number of thioether (sulfide) groups is 1. The van der Waals surface area contributed by atoms with Gasteiger partial charge in [0.05, 0.1) is 16.6 Å². The molecule has 202 valence electrons. The lowest BCUT2D eigenvalue weighted by molar-refractivity contribution is -0.142. The van der Waals surface area contributed by atoms with Gasteiger partial charge in [0.1, 0.15) is 6.04 Å². The van der Waals surface area contributed by atoms with E-state index in [0.29, 0.717) is 47.1 Å². The van der Waals surface area contributed by atoms with Crippen molar-refractivity contribution in [3.63, 3.8) is 0 Å². The minimum Gasteiger partial charge on any atom is -0.480 e. The van der Waals surface area contributed by atoms with Gasteiger partial charge >= 0.3 is 5.97 Å². The topological polar surface area (TPSA) is 116 Å². The van der Waals surface area contributed by atoms with Gasteiger partial charge in [0.2, 0.25) is 11.8 Å². The van der Waals surface area contributed by atoms with Crippen molar-refractivity contribution in [2.45, 2.75) is 23.8 Å². The average Bonchev–Trinajstić information content (AvgIpc) is 2.93. The van der Waals surface area contributed by atoms with E-state index in [1.54, 1.807) is 47.4 Å². The molecule has 3 N–H and O–H groups in total. The number of aliphatic carboxylic acids is 1. The molecule has 0 aromatic heterocycles. The van der Waals surface area contributed by atoms with Crippen LogP contribution in [0.25, 0.3) is 6.08 Å². The highest BCUT2D eigenvalue weighted by Crippen LogP contribution is 2.35. The summed E-state index contributed by atoms with van der Waals surface area (Å²) in [5.74, 6) is -2.37. The lowest BCUT2D eigenvalue weighted by Gasteiger charge is -2.31. The van der Waals surface area contributed by atoms with Crippen LogP contribution in [0.15, 0.2) is 53.4 Å². The number of carbonyl (C=O) groups excluding carboxylic acids is 3. The fourth-order valence-corrected chi connectivity index (χ4v) is 5.18. The van der Waals surface area contributed by atoms with Gasteiger partial charge < -0.3 is 20.6 Å². The first-order chi connectivity index (χ1) is 18.2. The molecule has 8 nitrogen and oxygen atoms in total. The number of piperidine rings is 1. The SMILES string of the molecule is CSc1ccc(C=CC(=O)N2CCC(C(=O)NC(CNCC(=O)c3ccccc3)C(=O)O)CC2)c(Cl)c1Cl. The number of nitrogens with zero attached hydrogens (tertiary/aromatic N) is 1. The first kappa shape index (κ1) is 29.7. The number of hydrogen-bond acceptors (Lipinski definition) is 6. The second-order valence-corrected chi connectivity index (χ2v) is 10.3. The van der Waals surface area contributed by atoms with Gasteiger partial charge in [-0.2, -0.15) is 0 Å². The molecule has 1 fully saturated rings. The summed E-state index contributed by atoms with van der Waals surface area (Å²) in [6, 6.07) is 11.1. The number of carboxylic acids is 1. The molecular formula is C27H29Cl2N3O5S. The molecule has 2 amide bonds. The quantitative estimate of drug-likeness (QED) is 0.210. The fraction of sp³-hybridized carbons (Fsp3) is 0.333. The van der Waals surface area contributed by atoms with Crippen LogP contribution in [0.1, 0.15) is 28.8 Å². The van der Waals surface area contributed by atoms with Crippen molar-refractivity contribution in [3.05, 3.63) is 69.7 Å². The molecule has 38 heavy (non-hydrogen) atoms. The predicted molar refractivity (Wildman–Crippen MR) is 150 cm³/mol. The van der Waals surface area contributed by atoms with Crippen LogP contribution in [0.3, 0.4) is 0 Å². The molecule has 0 bridgehead atoms. The zero-order chi connectivity index (χ0) is 27.7. The second kappa shape index (κ2) is 14.3. The molecule has 0 radical (unpaired) electrons. The van der Waals surface area contributed by atoms with Gasteiger partial charge in [-0.1, -0.05) is 59.6 Å². The van der Waals surface area contributed by atoms with Crippen LogP contribution in [-0.2, 0) is 14.4 Å². The van der Waals surface area contributed by atoms with E-state index in [1.807, 2.05) is 12.3 Å². The maximum atomic E-state index is 12.7. The summed E-state index contributed by atoms with van der Waals surface area (Å²) in [4.78, 5) is 51.7. The fourth-order valence-electron chi connectivity index (χ4n) is 4.01. The van der Waals surface area contributed by atoms with Crippen LogP contribution in [0, 0.1) is 5.92 Å². The number of amides is 2. The lowest BCUT2D eigenvalue weighted by atomic mass is 9.95. The van der Waals surface area contributed by atoms with Crippen molar-refractivity contribution in [1.29, 1.82) is 0 Å². The maximum Gasteiger partial charge on any atom is 0.327 e. The summed E-state index contributed by atoms with van der Waals surface area (Å²) >= 11 is 14.0. The summed E-state index contributed by atoms with van der Waals surface area (Å²) in [5, 5.41) is 15.7. The van der Waals surface area contributed by atoms with E-state index in [4.69, 9.17) is 23.2 Å². The Balaban J connectivity index is 1.46. The molecule has 1 aliphatic heterocycles. The first-order valence-electron chi connectivity index (χ1n) is 12.0. The van der Waals surface area contributed by atoms with Crippen molar-refractivity contribution in [1.82, 2.24) is 15.5 Å². The smallest absolute Gasteiger partial charge is 0.327 e. The average molecular weight is 579 g/mol. The highest BCUT2D eigenvalue weighted by atomic mass is 35.5. The van der Waals surface area contributed by atoms with Crippen LogP contribution in [0.4, 0.5) is 0 Å². The van der Waals surface area contributed by atoms with E-state index in [2.05, 4.69) is 10.6 Å². The number of Topliss-reactive ketones (excluding diaryl/α,β-unsaturated/α-hetero) is 1. The minimum atomic E-state index is -1.19. The highest BCUT2D eigenvalue weighted by molar-refractivity contribution is 7.98. The normalized spacial score (nSPS) is 14.9. The molecule has 2 aromatic carbocycles. The Morgan fingerprint density at radius 3 is 2.39 bits per heavy atom. The van der Waals surface area contributed by atoms with Crippen molar-refractivity contribution >= 4 is 64.6 Å². The molecular weight excluding hydrogens is 549 g/mol. The van der Waals surface area contributed by atoms with E-state index < -0.39 is 17.9 Å². The summed E-state index contributed by atoms with van der Waals surface area (Å²) in [6.45, 7) is 0.592. The Labute approximate surface area is 235 Å². The number of nitrogens with one attached hydrogen (secondary N) is 2.